The molecule has 1 heterocycles. The van der Waals surface area contributed by atoms with E-state index in [1.54, 1.807) is 12.1 Å². The van der Waals surface area contributed by atoms with Crippen LogP contribution in [0.2, 0.25) is 0 Å². The average molecular weight is 350 g/mol. The van der Waals surface area contributed by atoms with Crippen molar-refractivity contribution in [2.24, 2.45) is 5.92 Å². The summed E-state index contributed by atoms with van der Waals surface area (Å²) in [6, 6.07) is 9.64. The molecule has 2 aromatic carbocycles. The van der Waals surface area contributed by atoms with Crippen LogP contribution in [0.3, 0.4) is 0 Å². The molecule has 2 aliphatic rings. The number of aryl methyl sites for hydroxylation is 2. The molecule has 1 aliphatic carbocycles. The zero-order chi connectivity index (χ0) is 18.4. The third-order valence-electron chi connectivity index (χ3n) is 5.70. The maximum Gasteiger partial charge on any atom is 0.311 e. The second kappa shape index (κ2) is 6.16. The van der Waals surface area contributed by atoms with Gasteiger partial charge in [-0.05, 0) is 54.5 Å². The molecule has 0 spiro atoms. The van der Waals surface area contributed by atoms with Crippen LogP contribution in [0, 0.1) is 29.9 Å². The number of nitrogens with one attached hydrogen (secondary N) is 1. The van der Waals surface area contributed by atoms with E-state index in [1.165, 1.54) is 29.5 Å². The van der Waals surface area contributed by atoms with Crippen molar-refractivity contribution >= 4 is 11.4 Å². The third-order valence-corrected chi connectivity index (χ3v) is 5.70. The summed E-state index contributed by atoms with van der Waals surface area (Å²) in [6.07, 6.45) is 5.50. The van der Waals surface area contributed by atoms with Crippen LogP contribution in [0.5, 0.6) is 5.75 Å². The predicted molar refractivity (Wildman–Crippen MR) is 102 cm³/mol. The van der Waals surface area contributed by atoms with Gasteiger partial charge in [0, 0.05) is 17.7 Å². The van der Waals surface area contributed by atoms with Crippen molar-refractivity contribution in [2.45, 2.75) is 32.2 Å². The minimum absolute atomic E-state index is 0.0149. The van der Waals surface area contributed by atoms with E-state index in [0.717, 1.165) is 12.0 Å². The minimum Gasteiger partial charge on any atom is -0.490 e. The molecule has 4 rings (SSSR count). The van der Waals surface area contributed by atoms with Crippen LogP contribution in [0.25, 0.3) is 0 Å². The van der Waals surface area contributed by atoms with Crippen molar-refractivity contribution in [2.75, 3.05) is 12.4 Å². The van der Waals surface area contributed by atoms with Crippen molar-refractivity contribution < 1.29 is 9.66 Å². The normalized spacial score (nSPS) is 23.1. The first kappa shape index (κ1) is 16.6. The van der Waals surface area contributed by atoms with Gasteiger partial charge in [0.15, 0.2) is 5.75 Å². The van der Waals surface area contributed by atoms with E-state index < -0.39 is 0 Å². The quantitative estimate of drug-likeness (QED) is 0.478. The molecule has 3 atom stereocenters. The molecule has 3 unspecified atom stereocenters. The highest BCUT2D eigenvalue weighted by molar-refractivity contribution is 5.66. The van der Waals surface area contributed by atoms with Gasteiger partial charge < -0.3 is 10.1 Å². The number of rotatable bonds is 3. The first-order chi connectivity index (χ1) is 12.5. The molecular weight excluding hydrogens is 328 g/mol. The fourth-order valence-corrected chi connectivity index (χ4v) is 4.42. The fraction of sp³-hybridized carbons (Fsp3) is 0.333. The highest BCUT2D eigenvalue weighted by atomic mass is 16.6. The molecule has 5 heteroatoms. The van der Waals surface area contributed by atoms with Crippen LogP contribution in [0.4, 0.5) is 11.4 Å². The molecule has 2 aromatic rings. The Labute approximate surface area is 152 Å². The van der Waals surface area contributed by atoms with E-state index >= 15 is 0 Å². The maximum atomic E-state index is 11.4. The topological polar surface area (TPSA) is 64.4 Å². The van der Waals surface area contributed by atoms with E-state index in [9.17, 15) is 10.1 Å². The number of hydrogen-bond donors (Lipinski definition) is 1. The lowest BCUT2D eigenvalue weighted by molar-refractivity contribution is -0.385. The zero-order valence-electron chi connectivity index (χ0n) is 15.2. The number of benzene rings is 2. The van der Waals surface area contributed by atoms with Crippen molar-refractivity contribution in [3.05, 3.63) is 74.9 Å². The fourth-order valence-electron chi connectivity index (χ4n) is 4.42. The number of nitro groups is 1. The molecule has 1 aliphatic heterocycles. The van der Waals surface area contributed by atoms with Crippen molar-refractivity contribution in [3.63, 3.8) is 0 Å². The van der Waals surface area contributed by atoms with Gasteiger partial charge in [0.25, 0.3) is 0 Å². The van der Waals surface area contributed by atoms with Gasteiger partial charge in [-0.3, -0.25) is 10.1 Å². The van der Waals surface area contributed by atoms with Crippen LogP contribution in [0.1, 0.15) is 40.6 Å². The number of fused-ring (bicyclic) bond motifs is 3. The van der Waals surface area contributed by atoms with Gasteiger partial charge in [-0.25, -0.2) is 0 Å². The molecule has 0 aromatic heterocycles. The predicted octanol–water partition coefficient (Wildman–Crippen LogP) is 5.05. The Morgan fingerprint density at radius 1 is 1.19 bits per heavy atom. The van der Waals surface area contributed by atoms with E-state index in [1.807, 2.05) is 6.07 Å². The summed E-state index contributed by atoms with van der Waals surface area (Å²) < 4.78 is 5.15. The van der Waals surface area contributed by atoms with Crippen LogP contribution in [-0.2, 0) is 0 Å². The number of hydrogen-bond acceptors (Lipinski definition) is 4. The van der Waals surface area contributed by atoms with Gasteiger partial charge in [0.2, 0.25) is 0 Å². The minimum atomic E-state index is -0.376. The van der Waals surface area contributed by atoms with E-state index in [0.29, 0.717) is 17.6 Å². The smallest absolute Gasteiger partial charge is 0.311 e. The molecular formula is C21H22N2O3. The molecule has 0 radical (unpaired) electrons. The first-order valence-corrected chi connectivity index (χ1v) is 8.87. The summed E-state index contributed by atoms with van der Waals surface area (Å²) in [5.74, 6) is 0.997. The SMILES string of the molecule is COc1ccc(C2Nc3c(C)ccc(C)c3C3C=CCC32)cc1[N+](=O)[O-]. The van der Waals surface area contributed by atoms with Gasteiger partial charge in [0.05, 0.1) is 18.1 Å². The summed E-state index contributed by atoms with van der Waals surface area (Å²) in [5.41, 5.74) is 5.98. The van der Waals surface area contributed by atoms with Gasteiger partial charge in [-0.2, -0.15) is 0 Å². The Hall–Kier alpha value is -2.82. The monoisotopic (exact) mass is 350 g/mol. The first-order valence-electron chi connectivity index (χ1n) is 8.87. The summed E-state index contributed by atoms with van der Waals surface area (Å²) in [7, 11) is 1.46. The van der Waals surface area contributed by atoms with E-state index in [2.05, 4.69) is 43.4 Å². The van der Waals surface area contributed by atoms with E-state index in [4.69, 9.17) is 4.74 Å². The second-order valence-electron chi connectivity index (χ2n) is 7.15. The van der Waals surface area contributed by atoms with Gasteiger partial charge in [-0.1, -0.05) is 30.4 Å². The zero-order valence-corrected chi connectivity index (χ0v) is 15.2. The van der Waals surface area contributed by atoms with Crippen molar-refractivity contribution in [3.8, 4) is 5.75 Å². The number of allylic oxidation sites excluding steroid dienone is 2. The Morgan fingerprint density at radius 3 is 2.69 bits per heavy atom. The van der Waals surface area contributed by atoms with Crippen molar-refractivity contribution in [1.82, 2.24) is 0 Å². The third kappa shape index (κ3) is 2.46. The Bertz CT molecular complexity index is 920. The molecule has 1 N–H and O–H groups in total. The molecule has 5 nitrogen and oxygen atoms in total. The van der Waals surface area contributed by atoms with Crippen LogP contribution in [0.15, 0.2) is 42.5 Å². The molecule has 0 saturated carbocycles. The lowest BCUT2D eigenvalue weighted by Gasteiger charge is -2.39. The largest absolute Gasteiger partial charge is 0.490 e. The molecule has 0 bridgehead atoms. The number of methoxy groups -OCH3 is 1. The number of anilines is 1. The molecule has 0 fully saturated rings. The summed E-state index contributed by atoms with van der Waals surface area (Å²) in [6.45, 7) is 4.26. The standard InChI is InChI=1S/C21H22N2O3/c1-12-7-8-13(2)20-19(12)15-5-4-6-16(15)21(22-20)14-9-10-18(26-3)17(11-14)23(24)25/h4-5,7-11,15-16,21-22H,6H2,1-3H3. The summed E-state index contributed by atoms with van der Waals surface area (Å²) in [4.78, 5) is 11.1. The number of nitro benzene ring substituents is 1. The number of nitrogens with zero attached hydrogens (tertiary/aromatic N) is 1. The summed E-state index contributed by atoms with van der Waals surface area (Å²) in [5, 5.41) is 15.1. The van der Waals surface area contributed by atoms with Gasteiger partial charge in [-0.15, -0.1) is 0 Å². The lowest BCUT2D eigenvalue weighted by atomic mass is 9.75. The summed E-state index contributed by atoms with van der Waals surface area (Å²) >= 11 is 0. The Kier molecular flexibility index (Phi) is 3.94. The molecule has 0 amide bonds. The highest BCUT2D eigenvalue weighted by Gasteiger charge is 2.39. The van der Waals surface area contributed by atoms with Gasteiger partial charge in [0.1, 0.15) is 0 Å². The van der Waals surface area contributed by atoms with E-state index in [-0.39, 0.29) is 16.7 Å². The molecule has 0 saturated heterocycles. The van der Waals surface area contributed by atoms with Gasteiger partial charge >= 0.3 is 5.69 Å². The second-order valence-corrected chi connectivity index (χ2v) is 7.15. The number of ether oxygens (including phenoxy) is 1. The Balaban J connectivity index is 1.83. The Morgan fingerprint density at radius 2 is 1.96 bits per heavy atom. The van der Waals surface area contributed by atoms with Crippen LogP contribution >= 0.6 is 0 Å². The molecule has 26 heavy (non-hydrogen) atoms. The maximum absolute atomic E-state index is 11.4. The van der Waals surface area contributed by atoms with Crippen LogP contribution < -0.4 is 10.1 Å². The van der Waals surface area contributed by atoms with Crippen molar-refractivity contribution in [1.29, 1.82) is 0 Å². The lowest BCUT2D eigenvalue weighted by Crippen LogP contribution is -2.30. The average Bonchev–Trinajstić information content (AvgIpc) is 3.13. The molecule has 134 valence electrons. The van der Waals surface area contributed by atoms with Crippen LogP contribution in [-0.4, -0.2) is 12.0 Å². The highest BCUT2D eigenvalue weighted by Crippen LogP contribution is 2.52.